The minimum absolute atomic E-state index is 0.759. The van der Waals surface area contributed by atoms with Gasteiger partial charge in [-0.05, 0) is 6.92 Å². The van der Waals surface area contributed by atoms with Crippen molar-refractivity contribution in [2.45, 2.75) is 280 Å². The first-order valence-electron chi connectivity index (χ1n) is 32.0. The van der Waals surface area contributed by atoms with Gasteiger partial charge in [0.05, 0.1) is 52.4 Å². The summed E-state index contributed by atoms with van der Waals surface area (Å²) in [7, 11) is 0. The van der Waals surface area contributed by atoms with Crippen molar-refractivity contribution in [1.82, 2.24) is 21.3 Å². The molecule has 25 N–H and O–H groups in total. The Morgan fingerprint density at radius 2 is 0.630 bits per heavy atom. The molecule has 8 aliphatic heterocycles. The fourth-order valence-corrected chi connectivity index (χ4v) is 12.9. The summed E-state index contributed by atoms with van der Waals surface area (Å²) in [5.74, 6) is -3.46. The third-order valence-electron chi connectivity index (χ3n) is 18.2. The topological polar surface area (TPSA) is 680 Å². The molecule has 0 unspecified atom stereocenters. The van der Waals surface area contributed by atoms with Crippen LogP contribution in [0.2, 0.25) is 0 Å². The number of hydrogen-bond acceptors (Lipinski definition) is 40. The van der Waals surface area contributed by atoms with E-state index < -0.39 is 315 Å². The number of hydrogen-bond donors (Lipinski definition) is 25. The predicted octanol–water partition coefficient (Wildman–Crippen LogP) is -16.8. The summed E-state index contributed by atoms with van der Waals surface area (Å²) in [5.41, 5.74) is 0. The van der Waals surface area contributed by atoms with Crippen LogP contribution in [0.15, 0.2) is 0 Å². The Morgan fingerprint density at radius 1 is 0.280 bits per heavy atom. The molecule has 0 saturated carbocycles. The standard InChI is InChI=1S/C56H94N4O40/c1-13-29(71)37(79)41(83)54(87-13)98-46-28(60-17(5)70)52(93-23(11-66)45(46)97-50-26(58-15(3)68)34(76)30(72)18(6-61)89-50)100-48-39(81)32(74)20(8-63)91-56(48)99-47-33(75)24(12-86-53-40(82)38(80)31(73)19(7-62)90-53)94-55(42(47)84)96-44-22(10-65)92-51(27(36(44)78)59-16(4)69)95-43-21(9-64)88-49(85)25(35(43)77)57-14(2)67/h13,18-56,61-66,71-85H,6-12H2,1-5H3,(H,57,67)(H,58,68)(H,59,69)(H,60,70)/t13-,18+,19+,20+,21+,22+,23+,24+,25+,26+,27+,28+,29+,30-,31+,32+,33+,34+,35+,36+,37+,38-,39-,40-,41-,42-,43+,44+,45+,46+,47-,48-,49+,50-,51-,52-,53-,54-,55-,56+/m0/s1. The highest BCUT2D eigenvalue weighted by molar-refractivity contribution is 5.74. The molecule has 40 atom stereocenters. The Kier molecular flexibility index (Phi) is 29.3. The summed E-state index contributed by atoms with van der Waals surface area (Å²) >= 11 is 0. The van der Waals surface area contributed by atoms with Gasteiger partial charge in [-0.2, -0.15) is 0 Å². The first-order chi connectivity index (χ1) is 47.2. The maximum Gasteiger partial charge on any atom is 0.217 e. The number of amides is 4. The lowest BCUT2D eigenvalue weighted by Gasteiger charge is -2.52. The van der Waals surface area contributed by atoms with Crippen LogP contribution in [-0.4, -0.2) is 423 Å². The van der Waals surface area contributed by atoms with Gasteiger partial charge in [-0.1, -0.05) is 0 Å². The molecule has 8 heterocycles. The zero-order valence-corrected chi connectivity index (χ0v) is 54.2. The van der Waals surface area contributed by atoms with E-state index in [9.17, 15) is 126 Å². The Hall–Kier alpha value is -3.56. The third-order valence-corrected chi connectivity index (χ3v) is 18.2. The van der Waals surface area contributed by atoms with Crippen LogP contribution in [0.25, 0.3) is 0 Å². The molecule has 44 heteroatoms. The number of aliphatic hydroxyl groups is 21. The molecule has 0 bridgehead atoms. The lowest BCUT2D eigenvalue weighted by molar-refractivity contribution is -0.401. The van der Waals surface area contributed by atoms with E-state index in [2.05, 4.69) is 21.3 Å². The van der Waals surface area contributed by atoms with Crippen LogP contribution in [0.1, 0.15) is 34.6 Å². The van der Waals surface area contributed by atoms with E-state index in [1.165, 1.54) is 6.92 Å². The number of nitrogens with one attached hydrogen (secondary N) is 4. The van der Waals surface area contributed by atoms with E-state index in [1.54, 1.807) is 0 Å². The average molecular weight is 1460 g/mol. The summed E-state index contributed by atoms with van der Waals surface area (Å²) < 4.78 is 89.6. The Bertz CT molecular complexity index is 2620. The van der Waals surface area contributed by atoms with Crippen LogP contribution in [0.5, 0.6) is 0 Å². The minimum atomic E-state index is -2.49. The largest absolute Gasteiger partial charge is 0.394 e. The molecule has 0 radical (unpaired) electrons. The van der Waals surface area contributed by atoms with Crippen LogP contribution in [0, 0.1) is 0 Å². The van der Waals surface area contributed by atoms with Gasteiger partial charge in [0.15, 0.2) is 50.3 Å². The van der Waals surface area contributed by atoms with Crippen LogP contribution in [0.4, 0.5) is 0 Å². The van der Waals surface area contributed by atoms with Gasteiger partial charge in [-0.25, -0.2) is 0 Å². The van der Waals surface area contributed by atoms with Gasteiger partial charge in [-0.3, -0.25) is 19.2 Å². The maximum atomic E-state index is 13.4. The van der Waals surface area contributed by atoms with E-state index in [0.29, 0.717) is 0 Å². The lowest BCUT2D eigenvalue weighted by Crippen LogP contribution is -2.72. The second-order valence-electron chi connectivity index (χ2n) is 25.3. The minimum Gasteiger partial charge on any atom is -0.394 e. The van der Waals surface area contributed by atoms with Gasteiger partial charge in [0.25, 0.3) is 0 Å². The molecule has 578 valence electrons. The molecule has 44 nitrogen and oxygen atoms in total. The highest BCUT2D eigenvalue weighted by Gasteiger charge is 2.61. The summed E-state index contributed by atoms with van der Waals surface area (Å²) in [6.07, 6.45) is -72.5. The second-order valence-corrected chi connectivity index (χ2v) is 25.3. The van der Waals surface area contributed by atoms with E-state index in [-0.39, 0.29) is 0 Å². The fourth-order valence-electron chi connectivity index (χ4n) is 12.9. The lowest BCUT2D eigenvalue weighted by atomic mass is 9.93. The average Bonchev–Trinajstić information content (AvgIpc) is 0.766. The Balaban J connectivity index is 1.15. The molecule has 8 fully saturated rings. The molecule has 4 amide bonds. The summed E-state index contributed by atoms with van der Waals surface area (Å²) in [4.78, 5) is 50.9. The number of carbonyl (C=O) groups is 4. The third kappa shape index (κ3) is 18.1. The maximum absolute atomic E-state index is 13.4. The van der Waals surface area contributed by atoms with Crippen molar-refractivity contribution in [3.63, 3.8) is 0 Å². The molecule has 100 heavy (non-hydrogen) atoms. The zero-order chi connectivity index (χ0) is 73.8. The van der Waals surface area contributed by atoms with Gasteiger partial charge in [0.1, 0.15) is 189 Å². The van der Waals surface area contributed by atoms with E-state index in [4.69, 9.17) is 71.1 Å². The van der Waals surface area contributed by atoms with Crippen molar-refractivity contribution in [3.05, 3.63) is 0 Å². The van der Waals surface area contributed by atoms with Crippen molar-refractivity contribution in [2.75, 3.05) is 46.2 Å². The van der Waals surface area contributed by atoms with Crippen molar-refractivity contribution in [2.24, 2.45) is 0 Å². The van der Waals surface area contributed by atoms with E-state index in [0.717, 1.165) is 27.7 Å². The van der Waals surface area contributed by atoms with E-state index in [1.807, 2.05) is 0 Å². The first kappa shape index (κ1) is 82.1. The van der Waals surface area contributed by atoms with Crippen molar-refractivity contribution in [3.8, 4) is 0 Å². The molecule has 8 aliphatic rings. The molecule has 0 aromatic heterocycles. The number of aliphatic hydroxyl groups excluding tert-OH is 21. The molecule has 0 spiro atoms. The number of ether oxygens (including phenoxy) is 15. The quantitative estimate of drug-likeness (QED) is 0.0404. The molecule has 0 aromatic rings. The van der Waals surface area contributed by atoms with Gasteiger partial charge in [0, 0.05) is 27.7 Å². The molecule has 0 aromatic carbocycles. The highest BCUT2D eigenvalue weighted by atomic mass is 16.8. The first-order valence-corrected chi connectivity index (χ1v) is 32.0. The molecular weight excluding hydrogens is 1370 g/mol. The molecule has 0 aliphatic carbocycles. The van der Waals surface area contributed by atoms with Gasteiger partial charge in [0.2, 0.25) is 23.6 Å². The van der Waals surface area contributed by atoms with Crippen LogP contribution >= 0.6 is 0 Å². The van der Waals surface area contributed by atoms with Crippen LogP contribution in [-0.2, 0) is 90.2 Å². The Morgan fingerprint density at radius 3 is 1.17 bits per heavy atom. The summed E-state index contributed by atoms with van der Waals surface area (Å²) in [6.45, 7) is -2.18. The number of carbonyl (C=O) groups excluding carboxylic acids is 4. The van der Waals surface area contributed by atoms with Gasteiger partial charge >= 0.3 is 0 Å². The van der Waals surface area contributed by atoms with Crippen LogP contribution < -0.4 is 21.3 Å². The van der Waals surface area contributed by atoms with Crippen molar-refractivity contribution >= 4 is 23.6 Å². The van der Waals surface area contributed by atoms with Gasteiger partial charge in [-0.15, -0.1) is 0 Å². The summed E-state index contributed by atoms with van der Waals surface area (Å²) in [5, 5.41) is 242. The number of rotatable bonds is 25. The SMILES string of the molecule is CC(=O)N[C@@H]1[C@@H](O)[C@H](O[C@@H]2O[C@H](CO)[C@@H](O[C@@H]3O[C@H](CO[C@H]4O[C@H](CO)[C@@H](O)[C@H](O)[C@@H]4O)[C@@H](O)[C@H](O[C@H]4O[C@H](CO)[C@@H](O)[C@H](O)[C@@H]4O[C@@H]4O[C@H](CO)[C@@H](O[C@@H]5O[C@H](CO)[C@H](O)[C@H](O)[C@H]5NC(C)=O)[C@H](O[C@@H]5O[C@@H](C)[C@@H](O)[C@@H](O)[C@@H]5O)[C@H]4NC(C)=O)[C@@H]3O)[C@H](O)[C@H]2NC(C)=O)[C@@H](CO)O[C@H]1O. The predicted molar refractivity (Wildman–Crippen MR) is 309 cm³/mol. The van der Waals surface area contributed by atoms with Crippen LogP contribution in [0.3, 0.4) is 0 Å². The highest BCUT2D eigenvalue weighted by Crippen LogP contribution is 2.40. The molecule has 8 rings (SSSR count). The second kappa shape index (κ2) is 35.7. The van der Waals surface area contributed by atoms with Crippen molar-refractivity contribution < 1.29 is 197 Å². The smallest absolute Gasteiger partial charge is 0.217 e. The zero-order valence-electron chi connectivity index (χ0n) is 54.2. The van der Waals surface area contributed by atoms with Crippen molar-refractivity contribution in [1.29, 1.82) is 0 Å². The normalized spacial score (nSPS) is 48.7. The van der Waals surface area contributed by atoms with E-state index >= 15 is 0 Å². The summed E-state index contributed by atoms with van der Waals surface area (Å²) in [6, 6.07) is -7.18. The van der Waals surface area contributed by atoms with Gasteiger partial charge < -0.3 is 200 Å². The fraction of sp³-hybridized carbons (Fsp3) is 0.929. The Labute approximate surface area is 567 Å². The molecule has 8 saturated heterocycles. The monoisotopic (exact) mass is 1460 g/mol. The molecular formula is C56H94N4O40.